The molecule has 0 spiro atoms. The Labute approximate surface area is 103 Å². The molecule has 1 N–H and O–H groups in total. The fraction of sp³-hybridized carbons (Fsp3) is 0.417. The Morgan fingerprint density at radius 3 is 2.88 bits per heavy atom. The summed E-state index contributed by atoms with van der Waals surface area (Å²) in [5.41, 5.74) is 1.70. The number of carbonyl (C=O) groups excluding carboxylic acids is 1. The summed E-state index contributed by atoms with van der Waals surface area (Å²) in [5, 5.41) is 9.50. The van der Waals surface area contributed by atoms with Crippen molar-refractivity contribution in [1.82, 2.24) is 0 Å². The van der Waals surface area contributed by atoms with E-state index in [4.69, 9.17) is 0 Å². The van der Waals surface area contributed by atoms with Gasteiger partial charge in [0.25, 0.3) is 0 Å². The maximum atomic E-state index is 11.7. The summed E-state index contributed by atoms with van der Waals surface area (Å²) in [6.45, 7) is 2.42. The van der Waals surface area contributed by atoms with Crippen molar-refractivity contribution in [1.29, 1.82) is 0 Å². The first-order valence-electron chi connectivity index (χ1n) is 5.30. The Kier molecular flexibility index (Phi) is 3.30. The quantitative estimate of drug-likeness (QED) is 0.846. The highest BCUT2D eigenvalue weighted by Crippen LogP contribution is 2.27. The first kappa shape index (κ1) is 11.6. The predicted octanol–water partition coefficient (Wildman–Crippen LogP) is 2.24. The summed E-state index contributed by atoms with van der Waals surface area (Å²) < 4.78 is 0. The third-order valence-corrected chi connectivity index (χ3v) is 3.36. The van der Waals surface area contributed by atoms with Crippen molar-refractivity contribution in [3.63, 3.8) is 0 Å². The summed E-state index contributed by atoms with van der Waals surface area (Å²) in [4.78, 5) is 13.7. The molecule has 4 heteroatoms. The molecule has 1 aliphatic heterocycles. The van der Waals surface area contributed by atoms with Crippen molar-refractivity contribution in [2.75, 3.05) is 11.4 Å². The smallest absolute Gasteiger partial charge is 0.228 e. The summed E-state index contributed by atoms with van der Waals surface area (Å²) >= 11 is 3.45. The molecule has 0 bridgehead atoms. The molecule has 0 aliphatic carbocycles. The van der Waals surface area contributed by atoms with Gasteiger partial charge in [0.1, 0.15) is 0 Å². The maximum Gasteiger partial charge on any atom is 0.228 e. The number of rotatable bonds is 2. The first-order valence-corrected chi connectivity index (χ1v) is 6.22. The van der Waals surface area contributed by atoms with E-state index in [0.717, 1.165) is 11.3 Å². The Bertz CT molecular complexity index is 406. The number of amides is 1. The Morgan fingerprint density at radius 2 is 2.31 bits per heavy atom. The number of hydrogen-bond acceptors (Lipinski definition) is 2. The van der Waals surface area contributed by atoms with Crippen LogP contribution in [0.1, 0.15) is 25.0 Å². The fourth-order valence-corrected chi connectivity index (χ4v) is 2.43. The average Bonchev–Trinajstić information content (AvgIpc) is 2.58. The van der Waals surface area contributed by atoms with Crippen LogP contribution < -0.4 is 4.90 Å². The molecule has 2 rings (SSSR count). The molecule has 1 fully saturated rings. The van der Waals surface area contributed by atoms with Crippen molar-refractivity contribution in [2.45, 2.75) is 24.3 Å². The van der Waals surface area contributed by atoms with E-state index in [2.05, 4.69) is 15.9 Å². The monoisotopic (exact) mass is 283 g/mol. The van der Waals surface area contributed by atoms with E-state index in [9.17, 15) is 9.90 Å². The molecule has 0 aromatic heterocycles. The Hall–Kier alpha value is -0.870. The summed E-state index contributed by atoms with van der Waals surface area (Å²) in [7, 11) is 0. The van der Waals surface area contributed by atoms with E-state index in [1.165, 1.54) is 0 Å². The van der Waals surface area contributed by atoms with Crippen LogP contribution in [0.3, 0.4) is 0 Å². The molecule has 3 nitrogen and oxygen atoms in total. The highest BCUT2D eigenvalue weighted by molar-refractivity contribution is 9.09. The van der Waals surface area contributed by atoms with Gasteiger partial charge < -0.3 is 10.0 Å². The number of halogens is 1. The van der Waals surface area contributed by atoms with Gasteiger partial charge in [-0.05, 0) is 24.6 Å². The van der Waals surface area contributed by atoms with Crippen LogP contribution >= 0.6 is 15.9 Å². The second-order valence-electron chi connectivity index (χ2n) is 4.08. The molecule has 1 aromatic rings. The molecule has 86 valence electrons. The largest absolute Gasteiger partial charge is 0.389 e. The number of aliphatic hydroxyl groups excluding tert-OH is 1. The van der Waals surface area contributed by atoms with Gasteiger partial charge in [0.15, 0.2) is 0 Å². The van der Waals surface area contributed by atoms with Gasteiger partial charge in [0, 0.05) is 23.5 Å². The van der Waals surface area contributed by atoms with E-state index >= 15 is 0 Å². The van der Waals surface area contributed by atoms with Crippen molar-refractivity contribution >= 4 is 27.5 Å². The zero-order chi connectivity index (χ0) is 11.7. The van der Waals surface area contributed by atoms with Gasteiger partial charge in [-0.3, -0.25) is 4.79 Å². The van der Waals surface area contributed by atoms with Crippen molar-refractivity contribution in [2.24, 2.45) is 0 Å². The fourth-order valence-electron chi connectivity index (χ4n) is 1.87. The van der Waals surface area contributed by atoms with E-state index in [0.29, 0.717) is 13.0 Å². The zero-order valence-electron chi connectivity index (χ0n) is 9.06. The van der Waals surface area contributed by atoms with Gasteiger partial charge in [0.2, 0.25) is 5.91 Å². The van der Waals surface area contributed by atoms with Gasteiger partial charge in [-0.2, -0.15) is 0 Å². The van der Waals surface area contributed by atoms with Crippen LogP contribution in [-0.2, 0) is 4.79 Å². The molecule has 1 aliphatic rings. The SMILES string of the molecule is CC(O)c1cccc(N2CC(Br)CC2=O)c1. The van der Waals surface area contributed by atoms with Crippen LogP contribution in [-0.4, -0.2) is 22.4 Å². The Morgan fingerprint density at radius 1 is 1.56 bits per heavy atom. The molecule has 1 saturated heterocycles. The normalized spacial score (nSPS) is 22.6. The standard InChI is InChI=1S/C12H14BrNO2/c1-8(15)9-3-2-4-11(5-9)14-7-10(13)6-12(14)16/h2-5,8,10,15H,6-7H2,1H3. The number of nitrogens with zero attached hydrogens (tertiary/aromatic N) is 1. The van der Waals surface area contributed by atoms with E-state index in [1.54, 1.807) is 11.8 Å². The molecular formula is C12H14BrNO2. The topological polar surface area (TPSA) is 40.5 Å². The zero-order valence-corrected chi connectivity index (χ0v) is 10.6. The number of aliphatic hydroxyl groups is 1. The van der Waals surface area contributed by atoms with E-state index < -0.39 is 6.10 Å². The first-order chi connectivity index (χ1) is 7.58. The van der Waals surface area contributed by atoms with E-state index in [1.807, 2.05) is 24.3 Å². The second kappa shape index (κ2) is 4.55. The second-order valence-corrected chi connectivity index (χ2v) is 5.37. The number of alkyl halides is 1. The third kappa shape index (κ3) is 2.28. The van der Waals surface area contributed by atoms with Crippen molar-refractivity contribution in [3.8, 4) is 0 Å². The van der Waals surface area contributed by atoms with Crippen LogP contribution in [0.15, 0.2) is 24.3 Å². The molecule has 0 radical (unpaired) electrons. The number of benzene rings is 1. The lowest BCUT2D eigenvalue weighted by atomic mass is 10.1. The minimum absolute atomic E-state index is 0.129. The number of anilines is 1. The van der Waals surface area contributed by atoms with Crippen LogP contribution in [0.2, 0.25) is 0 Å². The van der Waals surface area contributed by atoms with Gasteiger partial charge >= 0.3 is 0 Å². The summed E-state index contributed by atoms with van der Waals surface area (Å²) in [5.74, 6) is 0.129. The lowest BCUT2D eigenvalue weighted by molar-refractivity contribution is -0.117. The average molecular weight is 284 g/mol. The highest BCUT2D eigenvalue weighted by atomic mass is 79.9. The summed E-state index contributed by atoms with van der Waals surface area (Å²) in [6.07, 6.45) is 0.0382. The van der Waals surface area contributed by atoms with E-state index in [-0.39, 0.29) is 10.7 Å². The van der Waals surface area contributed by atoms with Crippen LogP contribution in [0.25, 0.3) is 0 Å². The highest BCUT2D eigenvalue weighted by Gasteiger charge is 2.28. The molecule has 1 aromatic carbocycles. The van der Waals surface area contributed by atoms with Crippen LogP contribution in [0, 0.1) is 0 Å². The minimum Gasteiger partial charge on any atom is -0.389 e. The van der Waals surface area contributed by atoms with Gasteiger partial charge in [0.05, 0.1) is 6.10 Å². The predicted molar refractivity (Wildman–Crippen MR) is 66.8 cm³/mol. The number of carbonyl (C=O) groups is 1. The molecule has 16 heavy (non-hydrogen) atoms. The lowest BCUT2D eigenvalue weighted by Crippen LogP contribution is -2.24. The third-order valence-electron chi connectivity index (χ3n) is 2.74. The summed E-state index contributed by atoms with van der Waals surface area (Å²) in [6, 6.07) is 7.50. The lowest BCUT2D eigenvalue weighted by Gasteiger charge is -2.17. The van der Waals surface area contributed by atoms with Gasteiger partial charge in [-0.25, -0.2) is 0 Å². The molecular weight excluding hydrogens is 270 g/mol. The van der Waals surface area contributed by atoms with Crippen molar-refractivity contribution < 1.29 is 9.90 Å². The Balaban J connectivity index is 2.27. The van der Waals surface area contributed by atoms with Crippen LogP contribution in [0.4, 0.5) is 5.69 Å². The molecule has 1 heterocycles. The molecule has 2 unspecified atom stereocenters. The maximum absolute atomic E-state index is 11.7. The molecule has 0 saturated carbocycles. The minimum atomic E-state index is -0.502. The van der Waals surface area contributed by atoms with Crippen LogP contribution in [0.5, 0.6) is 0 Å². The molecule has 2 atom stereocenters. The van der Waals surface area contributed by atoms with Gasteiger partial charge in [-0.15, -0.1) is 0 Å². The van der Waals surface area contributed by atoms with Gasteiger partial charge in [-0.1, -0.05) is 28.1 Å². The molecule has 1 amide bonds. The van der Waals surface area contributed by atoms with Crippen molar-refractivity contribution in [3.05, 3.63) is 29.8 Å². The number of hydrogen-bond donors (Lipinski definition) is 1.